The van der Waals surface area contributed by atoms with Gasteiger partial charge in [0.15, 0.2) is 0 Å². The van der Waals surface area contributed by atoms with Crippen molar-refractivity contribution < 1.29 is 0 Å². The maximum atomic E-state index is 5.94. The van der Waals surface area contributed by atoms with E-state index in [1.807, 2.05) is 6.07 Å². The molecular weight excluding hydrogens is 186 g/mol. The van der Waals surface area contributed by atoms with Crippen LogP contribution in [0.4, 0.5) is 0 Å². The molecule has 2 rings (SSSR count). The van der Waals surface area contributed by atoms with E-state index in [2.05, 4.69) is 35.4 Å². The molecule has 0 fully saturated rings. The number of aryl methyl sites for hydroxylation is 1. The lowest BCUT2D eigenvalue weighted by molar-refractivity contribution is 1.03. The quantitative estimate of drug-likeness (QED) is 0.762. The molecular formula is C12H15N3. The Hall–Kier alpha value is -1.77. The van der Waals surface area contributed by atoms with Crippen LogP contribution in [0, 0.1) is 0 Å². The van der Waals surface area contributed by atoms with Crippen LogP contribution in [0.1, 0.15) is 18.1 Å². The van der Waals surface area contributed by atoms with Gasteiger partial charge in [-0.3, -0.25) is 4.99 Å². The number of hydrogen-bond acceptors (Lipinski definition) is 3. The Balaban J connectivity index is 2.44. The summed E-state index contributed by atoms with van der Waals surface area (Å²) in [7, 11) is 0. The predicted octanol–water partition coefficient (Wildman–Crippen LogP) is 1.51. The molecule has 3 N–H and O–H groups in total. The van der Waals surface area contributed by atoms with Gasteiger partial charge in [0.05, 0.1) is 24.3 Å². The van der Waals surface area contributed by atoms with Crippen LogP contribution in [0.5, 0.6) is 0 Å². The summed E-state index contributed by atoms with van der Waals surface area (Å²) in [6.07, 6.45) is 2.71. The van der Waals surface area contributed by atoms with Gasteiger partial charge in [-0.1, -0.05) is 31.2 Å². The molecule has 0 saturated carbocycles. The normalized spacial score (nSPS) is 15.3. The third kappa shape index (κ3) is 1.86. The Bertz CT molecular complexity index is 419. The minimum Gasteiger partial charge on any atom is -0.399 e. The van der Waals surface area contributed by atoms with Gasteiger partial charge < -0.3 is 11.1 Å². The second kappa shape index (κ2) is 4.17. The number of benzene rings is 1. The van der Waals surface area contributed by atoms with Gasteiger partial charge >= 0.3 is 0 Å². The van der Waals surface area contributed by atoms with Crippen molar-refractivity contribution >= 4 is 12.0 Å². The fraction of sp³-hybridized carbons (Fsp3) is 0.250. The van der Waals surface area contributed by atoms with Crippen LogP contribution >= 0.6 is 0 Å². The summed E-state index contributed by atoms with van der Waals surface area (Å²) in [5.74, 6) is 0. The van der Waals surface area contributed by atoms with E-state index in [0.717, 1.165) is 17.8 Å². The van der Waals surface area contributed by atoms with E-state index in [4.69, 9.17) is 5.73 Å². The number of rotatable bonds is 2. The van der Waals surface area contributed by atoms with E-state index in [-0.39, 0.29) is 0 Å². The van der Waals surface area contributed by atoms with E-state index in [1.165, 1.54) is 11.1 Å². The Labute approximate surface area is 89.7 Å². The van der Waals surface area contributed by atoms with Crippen LogP contribution in [-0.2, 0) is 6.42 Å². The van der Waals surface area contributed by atoms with Gasteiger partial charge in [0.25, 0.3) is 0 Å². The number of nitrogens with zero attached hydrogens (tertiary/aromatic N) is 1. The van der Waals surface area contributed by atoms with Gasteiger partial charge in [-0.2, -0.15) is 0 Å². The summed E-state index contributed by atoms with van der Waals surface area (Å²) >= 11 is 0. The maximum Gasteiger partial charge on any atom is 0.0873 e. The Morgan fingerprint density at radius 1 is 1.40 bits per heavy atom. The lowest BCUT2D eigenvalue weighted by atomic mass is 10.0. The van der Waals surface area contributed by atoms with Crippen molar-refractivity contribution in [2.24, 2.45) is 10.7 Å². The Morgan fingerprint density at radius 2 is 2.20 bits per heavy atom. The highest BCUT2D eigenvalue weighted by Gasteiger charge is 2.11. The Morgan fingerprint density at radius 3 is 2.93 bits per heavy atom. The Kier molecular flexibility index (Phi) is 2.72. The molecule has 1 aromatic carbocycles. The van der Waals surface area contributed by atoms with Gasteiger partial charge in [-0.25, -0.2) is 0 Å². The van der Waals surface area contributed by atoms with Crippen LogP contribution in [0.25, 0.3) is 5.70 Å². The summed E-state index contributed by atoms with van der Waals surface area (Å²) < 4.78 is 0. The van der Waals surface area contributed by atoms with Crippen molar-refractivity contribution in [1.29, 1.82) is 0 Å². The van der Waals surface area contributed by atoms with Crippen LogP contribution in [0.2, 0.25) is 0 Å². The summed E-state index contributed by atoms with van der Waals surface area (Å²) in [5.41, 5.74) is 10.2. The summed E-state index contributed by atoms with van der Waals surface area (Å²) in [4.78, 5) is 4.07. The molecule has 78 valence electrons. The molecule has 0 spiro atoms. The smallest absolute Gasteiger partial charge is 0.0873 e. The summed E-state index contributed by atoms with van der Waals surface area (Å²) in [6, 6.07) is 8.30. The van der Waals surface area contributed by atoms with Crippen LogP contribution in [-0.4, -0.2) is 12.9 Å². The van der Waals surface area contributed by atoms with E-state index >= 15 is 0 Å². The zero-order valence-corrected chi connectivity index (χ0v) is 8.83. The van der Waals surface area contributed by atoms with E-state index in [1.54, 1.807) is 6.34 Å². The topological polar surface area (TPSA) is 50.4 Å². The molecule has 0 saturated heterocycles. The number of nitrogens with two attached hydrogens (primary N) is 1. The third-order valence-electron chi connectivity index (χ3n) is 2.55. The fourth-order valence-electron chi connectivity index (χ4n) is 1.75. The highest BCUT2D eigenvalue weighted by molar-refractivity contribution is 5.81. The first-order chi connectivity index (χ1) is 7.33. The third-order valence-corrected chi connectivity index (χ3v) is 2.55. The standard InChI is InChI=1S/C12H15N3/c1-2-9-5-3-4-6-10(9)12-11(13)7-14-8-15-12/h3-6,8H,2,7,13H2,1H3,(H,14,15). The average molecular weight is 201 g/mol. The van der Waals surface area contributed by atoms with Gasteiger partial charge in [0, 0.05) is 5.56 Å². The van der Waals surface area contributed by atoms with Crippen molar-refractivity contribution in [2.75, 3.05) is 6.54 Å². The molecule has 1 aliphatic heterocycles. The first kappa shape index (κ1) is 9.77. The molecule has 3 heteroatoms. The molecule has 0 unspecified atom stereocenters. The van der Waals surface area contributed by atoms with Crippen molar-refractivity contribution in [3.8, 4) is 0 Å². The van der Waals surface area contributed by atoms with Crippen LogP contribution in [0.15, 0.2) is 35.0 Å². The van der Waals surface area contributed by atoms with Crippen molar-refractivity contribution in [2.45, 2.75) is 13.3 Å². The molecule has 0 radical (unpaired) electrons. The zero-order chi connectivity index (χ0) is 10.7. The molecule has 1 aliphatic rings. The van der Waals surface area contributed by atoms with Gasteiger partial charge in [0.1, 0.15) is 0 Å². The largest absolute Gasteiger partial charge is 0.399 e. The highest BCUT2D eigenvalue weighted by atomic mass is 15.0. The molecule has 1 heterocycles. The molecule has 0 aliphatic carbocycles. The van der Waals surface area contributed by atoms with Crippen molar-refractivity contribution in [1.82, 2.24) is 5.32 Å². The van der Waals surface area contributed by atoms with E-state index < -0.39 is 0 Å². The molecule has 0 aromatic heterocycles. The van der Waals surface area contributed by atoms with Gasteiger partial charge in [0.2, 0.25) is 0 Å². The number of aliphatic imine (C=N–C) groups is 1. The van der Waals surface area contributed by atoms with Gasteiger partial charge in [-0.15, -0.1) is 0 Å². The first-order valence-corrected chi connectivity index (χ1v) is 5.14. The lowest BCUT2D eigenvalue weighted by Gasteiger charge is -2.17. The maximum absolute atomic E-state index is 5.94. The van der Waals surface area contributed by atoms with Crippen molar-refractivity contribution in [3.63, 3.8) is 0 Å². The second-order valence-electron chi connectivity index (χ2n) is 3.53. The summed E-state index contributed by atoms with van der Waals surface area (Å²) in [6.45, 7) is 2.73. The fourth-order valence-corrected chi connectivity index (χ4v) is 1.75. The van der Waals surface area contributed by atoms with Gasteiger partial charge in [-0.05, 0) is 12.0 Å². The predicted molar refractivity (Wildman–Crippen MR) is 63.4 cm³/mol. The second-order valence-corrected chi connectivity index (χ2v) is 3.53. The molecule has 1 aromatic rings. The zero-order valence-electron chi connectivity index (χ0n) is 8.83. The SMILES string of the molecule is CCc1ccccc1C1=C(N)CN=CN1. The number of nitrogens with one attached hydrogen (secondary N) is 1. The highest BCUT2D eigenvalue weighted by Crippen LogP contribution is 2.20. The van der Waals surface area contributed by atoms with Crippen LogP contribution in [0.3, 0.4) is 0 Å². The van der Waals surface area contributed by atoms with Crippen molar-refractivity contribution in [3.05, 3.63) is 41.1 Å². The van der Waals surface area contributed by atoms with E-state index in [9.17, 15) is 0 Å². The first-order valence-electron chi connectivity index (χ1n) is 5.14. The molecule has 15 heavy (non-hydrogen) atoms. The average Bonchev–Trinajstić information content (AvgIpc) is 2.30. The van der Waals surface area contributed by atoms with Crippen LogP contribution < -0.4 is 11.1 Å². The molecule has 0 atom stereocenters. The molecule has 0 bridgehead atoms. The summed E-state index contributed by atoms with van der Waals surface area (Å²) in [5, 5.41) is 3.12. The minimum absolute atomic E-state index is 0.584. The molecule has 3 nitrogen and oxygen atoms in total. The lowest BCUT2D eigenvalue weighted by Crippen LogP contribution is -2.22. The number of hydrogen-bond donors (Lipinski definition) is 2. The van der Waals surface area contributed by atoms with E-state index in [0.29, 0.717) is 6.54 Å². The monoisotopic (exact) mass is 201 g/mol. The minimum atomic E-state index is 0.584. The molecule has 0 amide bonds.